The summed E-state index contributed by atoms with van der Waals surface area (Å²) in [6, 6.07) is 16.6. The zero-order chi connectivity index (χ0) is 23.5. The molecule has 0 aliphatic heterocycles. The molecule has 0 bridgehead atoms. The highest BCUT2D eigenvalue weighted by Gasteiger charge is 2.17. The Morgan fingerprint density at radius 3 is 2.15 bits per heavy atom. The number of benzene rings is 3. The normalized spacial score (nSPS) is 10.7. The number of rotatable bonds is 6. The van der Waals surface area contributed by atoms with Crippen LogP contribution in [0.5, 0.6) is 23.0 Å². The molecule has 3 aromatic carbocycles. The number of carbonyl (C=O) groups is 1. The Balaban J connectivity index is 1.66. The summed E-state index contributed by atoms with van der Waals surface area (Å²) in [7, 11) is 4.59. The number of esters is 1. The van der Waals surface area contributed by atoms with Crippen LogP contribution in [0.15, 0.2) is 69.9 Å². The van der Waals surface area contributed by atoms with Crippen molar-refractivity contribution < 1.29 is 28.2 Å². The maximum atomic E-state index is 13.2. The first-order valence-electron chi connectivity index (χ1n) is 10.1. The van der Waals surface area contributed by atoms with Crippen molar-refractivity contribution in [2.75, 3.05) is 21.3 Å². The zero-order valence-electron chi connectivity index (χ0n) is 18.6. The topological polar surface area (TPSA) is 84.2 Å². The molecule has 168 valence electrons. The van der Waals surface area contributed by atoms with E-state index in [1.807, 2.05) is 12.1 Å². The molecular weight excluding hydrogens is 424 g/mol. The third-order valence-electron chi connectivity index (χ3n) is 5.25. The molecule has 1 heterocycles. The largest absolute Gasteiger partial charge is 0.497 e. The molecule has 0 fully saturated rings. The third kappa shape index (κ3) is 4.25. The van der Waals surface area contributed by atoms with Gasteiger partial charge in [0.25, 0.3) is 0 Å². The van der Waals surface area contributed by atoms with E-state index in [0.717, 1.165) is 5.56 Å². The summed E-state index contributed by atoms with van der Waals surface area (Å²) in [5.74, 6) is 1.75. The van der Waals surface area contributed by atoms with Crippen molar-refractivity contribution in [2.45, 2.75) is 6.92 Å². The molecular formula is C26H22O7. The lowest BCUT2D eigenvalue weighted by molar-refractivity contribution is 0.0734. The second-order valence-corrected chi connectivity index (χ2v) is 7.21. The molecule has 7 heteroatoms. The van der Waals surface area contributed by atoms with E-state index in [-0.39, 0.29) is 11.2 Å². The van der Waals surface area contributed by atoms with Gasteiger partial charge in [-0.25, -0.2) is 4.79 Å². The highest BCUT2D eigenvalue weighted by atomic mass is 16.5. The standard InChI is InChI=1S/C26H22O7/c1-15-24(16-5-8-18(29-2)9-6-16)25(27)20-11-10-19(14-22(20)32-15)33-26(28)17-7-12-21(30-3)23(13-17)31-4/h5-14H,1-4H3. The number of fused-ring (bicyclic) bond motifs is 1. The number of ether oxygens (including phenoxy) is 4. The monoisotopic (exact) mass is 446 g/mol. The Hall–Kier alpha value is -4.26. The predicted octanol–water partition coefficient (Wildman–Crippen LogP) is 5.01. The number of hydrogen-bond acceptors (Lipinski definition) is 7. The summed E-state index contributed by atoms with van der Waals surface area (Å²) < 4.78 is 27.0. The van der Waals surface area contributed by atoms with Crippen molar-refractivity contribution in [1.82, 2.24) is 0 Å². The summed E-state index contributed by atoms with van der Waals surface area (Å²) in [6.45, 7) is 1.72. The molecule has 0 unspecified atom stereocenters. The molecule has 0 atom stereocenters. The minimum Gasteiger partial charge on any atom is -0.497 e. The Morgan fingerprint density at radius 2 is 1.48 bits per heavy atom. The van der Waals surface area contributed by atoms with Gasteiger partial charge >= 0.3 is 5.97 Å². The van der Waals surface area contributed by atoms with Crippen LogP contribution >= 0.6 is 0 Å². The van der Waals surface area contributed by atoms with Gasteiger partial charge in [-0.3, -0.25) is 4.79 Å². The third-order valence-corrected chi connectivity index (χ3v) is 5.25. The van der Waals surface area contributed by atoms with E-state index < -0.39 is 5.97 Å². The molecule has 0 saturated heterocycles. The first kappa shape index (κ1) is 22.0. The minimum absolute atomic E-state index is 0.170. The first-order valence-corrected chi connectivity index (χ1v) is 10.1. The van der Waals surface area contributed by atoms with Crippen molar-refractivity contribution in [3.05, 3.63) is 82.2 Å². The summed E-state index contributed by atoms with van der Waals surface area (Å²) in [6.07, 6.45) is 0. The number of methoxy groups -OCH3 is 3. The van der Waals surface area contributed by atoms with Crippen molar-refractivity contribution in [3.8, 4) is 34.1 Å². The first-order chi connectivity index (χ1) is 15.9. The maximum absolute atomic E-state index is 13.2. The van der Waals surface area contributed by atoms with Crippen LogP contribution in [0.3, 0.4) is 0 Å². The molecule has 0 saturated carbocycles. The highest BCUT2D eigenvalue weighted by molar-refractivity contribution is 5.92. The van der Waals surface area contributed by atoms with Gasteiger partial charge in [0.15, 0.2) is 11.5 Å². The molecule has 0 radical (unpaired) electrons. The van der Waals surface area contributed by atoms with Crippen LogP contribution in [0.1, 0.15) is 16.1 Å². The van der Waals surface area contributed by atoms with E-state index in [1.54, 1.807) is 50.4 Å². The van der Waals surface area contributed by atoms with Gasteiger partial charge in [0.2, 0.25) is 5.43 Å². The van der Waals surface area contributed by atoms with E-state index in [1.165, 1.54) is 26.4 Å². The maximum Gasteiger partial charge on any atom is 0.343 e. The molecule has 0 spiro atoms. The van der Waals surface area contributed by atoms with E-state index in [2.05, 4.69) is 0 Å². The lowest BCUT2D eigenvalue weighted by Gasteiger charge is -2.11. The average Bonchev–Trinajstić information content (AvgIpc) is 2.83. The van der Waals surface area contributed by atoms with E-state index >= 15 is 0 Å². The van der Waals surface area contributed by atoms with Gasteiger partial charge in [-0.05, 0) is 55.0 Å². The smallest absolute Gasteiger partial charge is 0.343 e. The molecule has 0 aliphatic rings. The fourth-order valence-corrected chi connectivity index (χ4v) is 3.57. The molecule has 0 N–H and O–H groups in total. The van der Waals surface area contributed by atoms with E-state index in [0.29, 0.717) is 45.1 Å². The zero-order valence-corrected chi connectivity index (χ0v) is 18.6. The summed E-state index contributed by atoms with van der Waals surface area (Å²) >= 11 is 0. The lowest BCUT2D eigenvalue weighted by Crippen LogP contribution is -2.10. The Labute approximate surface area is 190 Å². The minimum atomic E-state index is -0.579. The summed E-state index contributed by atoms with van der Waals surface area (Å²) in [5, 5.41) is 0.386. The van der Waals surface area contributed by atoms with Gasteiger partial charge in [-0.1, -0.05) is 12.1 Å². The SMILES string of the molecule is COc1ccc(-c2c(C)oc3cc(OC(=O)c4ccc(OC)c(OC)c4)ccc3c2=O)cc1. The Bertz CT molecular complexity index is 1380. The van der Waals surface area contributed by atoms with E-state index in [9.17, 15) is 9.59 Å². The van der Waals surface area contributed by atoms with Crippen LogP contribution in [-0.4, -0.2) is 27.3 Å². The van der Waals surface area contributed by atoms with Crippen LogP contribution in [-0.2, 0) is 0 Å². The number of hydrogen-bond donors (Lipinski definition) is 0. The van der Waals surface area contributed by atoms with Crippen LogP contribution in [0.25, 0.3) is 22.1 Å². The van der Waals surface area contributed by atoms with Crippen molar-refractivity contribution >= 4 is 16.9 Å². The lowest BCUT2D eigenvalue weighted by atomic mass is 10.0. The van der Waals surface area contributed by atoms with Gasteiger partial charge in [0.1, 0.15) is 22.8 Å². The molecule has 33 heavy (non-hydrogen) atoms. The van der Waals surface area contributed by atoms with Crippen LogP contribution < -0.4 is 24.4 Å². The Kier molecular flexibility index (Phi) is 6.04. The molecule has 4 aromatic rings. The van der Waals surface area contributed by atoms with Gasteiger partial charge < -0.3 is 23.4 Å². The van der Waals surface area contributed by atoms with Crippen LogP contribution in [0.4, 0.5) is 0 Å². The fraction of sp³-hybridized carbons (Fsp3) is 0.154. The quantitative estimate of drug-likeness (QED) is 0.304. The fourth-order valence-electron chi connectivity index (χ4n) is 3.57. The van der Waals surface area contributed by atoms with Crippen LogP contribution in [0.2, 0.25) is 0 Å². The van der Waals surface area contributed by atoms with Gasteiger partial charge in [0.05, 0.1) is 37.8 Å². The average molecular weight is 446 g/mol. The summed E-state index contributed by atoms with van der Waals surface area (Å²) in [4.78, 5) is 25.8. The highest BCUT2D eigenvalue weighted by Crippen LogP contribution is 2.30. The second kappa shape index (κ2) is 9.08. The van der Waals surface area contributed by atoms with Gasteiger partial charge in [-0.15, -0.1) is 0 Å². The molecule has 7 nitrogen and oxygen atoms in total. The molecule has 1 aromatic heterocycles. The molecule has 0 aliphatic carbocycles. The molecule has 0 amide bonds. The number of aryl methyl sites for hydroxylation is 1. The Morgan fingerprint density at radius 1 is 0.788 bits per heavy atom. The molecule has 4 rings (SSSR count). The van der Waals surface area contributed by atoms with Crippen molar-refractivity contribution in [3.63, 3.8) is 0 Å². The van der Waals surface area contributed by atoms with E-state index in [4.69, 9.17) is 23.4 Å². The van der Waals surface area contributed by atoms with Gasteiger partial charge in [-0.2, -0.15) is 0 Å². The van der Waals surface area contributed by atoms with Crippen molar-refractivity contribution in [1.29, 1.82) is 0 Å². The number of carbonyl (C=O) groups excluding carboxylic acids is 1. The second-order valence-electron chi connectivity index (χ2n) is 7.21. The van der Waals surface area contributed by atoms with Crippen molar-refractivity contribution in [2.24, 2.45) is 0 Å². The summed E-state index contributed by atoms with van der Waals surface area (Å²) in [5.41, 5.74) is 1.65. The van der Waals surface area contributed by atoms with Gasteiger partial charge in [0, 0.05) is 6.07 Å². The predicted molar refractivity (Wildman–Crippen MR) is 124 cm³/mol. The van der Waals surface area contributed by atoms with Crippen LogP contribution in [0, 0.1) is 6.92 Å².